The smallest absolute Gasteiger partial charge is 0.362 e. The number of likely N-dealkylation sites (tertiary alicyclic amines) is 1. The molecule has 8 heteroatoms. The van der Waals surface area contributed by atoms with Gasteiger partial charge in [0.1, 0.15) is 12.1 Å². The summed E-state index contributed by atoms with van der Waals surface area (Å²) in [5, 5.41) is 3.18. The summed E-state index contributed by atoms with van der Waals surface area (Å²) in [4.78, 5) is 23.0. The molecule has 172 valence electrons. The largest absolute Gasteiger partial charge is 0.416 e. The molecule has 32 heavy (non-hydrogen) atoms. The lowest BCUT2D eigenvalue weighted by atomic mass is 9.80. The topological polar surface area (TPSA) is 58.1 Å². The molecule has 1 aromatic heterocycles. The standard InChI is InChI=1S/C24H29F3N4O/c1-15(2)17-3-6-19(7-4-17)31-12-16(13-31)9-20(32)11-28-23-21-10-18(24(25,26)27)5-8-22(21)29-14-30-23/h5,8,10,14,16-17,19H,1,3-4,6-7,9,11-13H2,2H3,(H,28,29,30). The van der Waals surface area contributed by atoms with Crippen molar-refractivity contribution in [1.29, 1.82) is 0 Å². The summed E-state index contributed by atoms with van der Waals surface area (Å²) in [6.45, 7) is 8.13. The average molecular weight is 447 g/mol. The Labute approximate surface area is 186 Å². The van der Waals surface area contributed by atoms with E-state index >= 15 is 0 Å². The van der Waals surface area contributed by atoms with E-state index in [1.807, 2.05) is 0 Å². The summed E-state index contributed by atoms with van der Waals surface area (Å²) in [7, 11) is 0. The number of alkyl halides is 3. The van der Waals surface area contributed by atoms with Crippen LogP contribution in [0.4, 0.5) is 19.0 Å². The molecule has 0 bridgehead atoms. The van der Waals surface area contributed by atoms with E-state index in [1.165, 1.54) is 43.7 Å². The minimum absolute atomic E-state index is 0.0411. The first-order valence-electron chi connectivity index (χ1n) is 11.2. The minimum atomic E-state index is -4.45. The maximum Gasteiger partial charge on any atom is 0.416 e. The Morgan fingerprint density at radius 1 is 1.19 bits per heavy atom. The number of fused-ring (bicyclic) bond motifs is 1. The summed E-state index contributed by atoms with van der Waals surface area (Å²) in [6, 6.07) is 3.96. The number of allylic oxidation sites excluding steroid dienone is 1. The molecule has 1 aliphatic heterocycles. The van der Waals surface area contributed by atoms with Crippen LogP contribution < -0.4 is 5.32 Å². The first-order chi connectivity index (χ1) is 15.2. The van der Waals surface area contributed by atoms with E-state index in [-0.39, 0.29) is 23.5 Å². The molecule has 2 fully saturated rings. The van der Waals surface area contributed by atoms with E-state index in [1.54, 1.807) is 0 Å². The highest BCUT2D eigenvalue weighted by atomic mass is 19.4. The summed E-state index contributed by atoms with van der Waals surface area (Å²) in [5.74, 6) is 1.29. The molecule has 1 saturated heterocycles. The molecule has 1 N–H and O–H groups in total. The maximum absolute atomic E-state index is 13.0. The third kappa shape index (κ3) is 5.11. The van der Waals surface area contributed by atoms with Gasteiger partial charge < -0.3 is 5.32 Å². The van der Waals surface area contributed by atoms with Crippen molar-refractivity contribution in [2.24, 2.45) is 11.8 Å². The molecule has 2 aromatic rings. The fourth-order valence-corrected chi connectivity index (χ4v) is 4.92. The van der Waals surface area contributed by atoms with Crippen molar-refractivity contribution in [3.05, 3.63) is 42.2 Å². The van der Waals surface area contributed by atoms with Gasteiger partial charge in [-0.05, 0) is 62.6 Å². The molecule has 5 nitrogen and oxygen atoms in total. The molecular weight excluding hydrogens is 417 g/mol. The normalized spacial score (nSPS) is 22.5. The Balaban J connectivity index is 1.26. The first kappa shape index (κ1) is 22.7. The number of ketones is 1. The van der Waals surface area contributed by atoms with Crippen LogP contribution in [0, 0.1) is 11.8 Å². The second kappa shape index (κ2) is 9.17. The van der Waals surface area contributed by atoms with Crippen LogP contribution in [0.25, 0.3) is 10.9 Å². The third-order valence-electron chi connectivity index (χ3n) is 6.83. The van der Waals surface area contributed by atoms with E-state index in [0.717, 1.165) is 25.2 Å². The maximum atomic E-state index is 13.0. The van der Waals surface area contributed by atoms with Gasteiger partial charge in [0.05, 0.1) is 17.6 Å². The molecular formula is C24H29F3N4O. The van der Waals surface area contributed by atoms with Crippen molar-refractivity contribution < 1.29 is 18.0 Å². The van der Waals surface area contributed by atoms with Crippen molar-refractivity contribution in [3.8, 4) is 0 Å². The van der Waals surface area contributed by atoms with E-state index in [9.17, 15) is 18.0 Å². The third-order valence-corrected chi connectivity index (χ3v) is 6.83. The highest BCUT2D eigenvalue weighted by molar-refractivity contribution is 5.91. The van der Waals surface area contributed by atoms with Gasteiger partial charge >= 0.3 is 6.18 Å². The number of carbonyl (C=O) groups excluding carboxylic acids is 1. The molecule has 4 rings (SSSR count). The van der Waals surface area contributed by atoms with Gasteiger partial charge in [-0.2, -0.15) is 13.2 Å². The zero-order valence-corrected chi connectivity index (χ0v) is 18.3. The fraction of sp³-hybridized carbons (Fsp3) is 0.542. The first-order valence-corrected chi connectivity index (χ1v) is 11.2. The quantitative estimate of drug-likeness (QED) is 0.601. The van der Waals surface area contributed by atoms with Crippen LogP contribution >= 0.6 is 0 Å². The lowest BCUT2D eigenvalue weighted by molar-refractivity contribution is -0.137. The van der Waals surface area contributed by atoms with E-state index in [4.69, 9.17) is 0 Å². The van der Waals surface area contributed by atoms with Crippen LogP contribution in [-0.2, 0) is 11.0 Å². The zero-order valence-electron chi connectivity index (χ0n) is 18.3. The SMILES string of the molecule is C=C(C)C1CCC(N2CC(CC(=O)CNc3ncnc4ccc(C(F)(F)F)cc34)C2)CC1. The van der Waals surface area contributed by atoms with Crippen LogP contribution in [0.15, 0.2) is 36.7 Å². The number of hydrogen-bond donors (Lipinski definition) is 1. The monoisotopic (exact) mass is 446 g/mol. The number of aromatic nitrogens is 2. The Morgan fingerprint density at radius 2 is 1.91 bits per heavy atom. The Bertz CT molecular complexity index is 992. The van der Waals surface area contributed by atoms with Crippen LogP contribution in [0.1, 0.15) is 44.6 Å². The molecule has 0 spiro atoms. The van der Waals surface area contributed by atoms with Crippen LogP contribution in [-0.4, -0.2) is 46.3 Å². The van der Waals surface area contributed by atoms with Gasteiger partial charge in [0.2, 0.25) is 0 Å². The van der Waals surface area contributed by atoms with Crippen molar-refractivity contribution in [2.45, 2.75) is 51.2 Å². The Morgan fingerprint density at radius 3 is 2.56 bits per heavy atom. The zero-order chi connectivity index (χ0) is 22.9. The number of Topliss-reactive ketones (excluding diaryl/α,β-unsaturated/α-hetero) is 1. The van der Waals surface area contributed by atoms with Crippen molar-refractivity contribution in [3.63, 3.8) is 0 Å². The van der Waals surface area contributed by atoms with Gasteiger partial charge in [-0.25, -0.2) is 9.97 Å². The summed E-state index contributed by atoms with van der Waals surface area (Å²) in [6.07, 6.45) is 2.11. The number of nitrogens with one attached hydrogen (secondary N) is 1. The highest BCUT2D eigenvalue weighted by Crippen LogP contribution is 2.35. The number of carbonyl (C=O) groups is 1. The van der Waals surface area contributed by atoms with Crippen LogP contribution in [0.2, 0.25) is 0 Å². The van der Waals surface area contributed by atoms with Crippen molar-refractivity contribution >= 4 is 22.5 Å². The molecule has 1 aromatic carbocycles. The molecule has 1 saturated carbocycles. The minimum Gasteiger partial charge on any atom is -0.362 e. The number of nitrogens with zero attached hydrogens (tertiary/aromatic N) is 3. The summed E-state index contributed by atoms with van der Waals surface area (Å²) >= 11 is 0. The van der Waals surface area contributed by atoms with E-state index in [2.05, 4.69) is 33.7 Å². The van der Waals surface area contributed by atoms with Gasteiger partial charge in [0.25, 0.3) is 0 Å². The molecule has 0 radical (unpaired) electrons. The van der Waals surface area contributed by atoms with E-state index < -0.39 is 11.7 Å². The molecule has 2 heterocycles. The molecule has 0 amide bonds. The van der Waals surface area contributed by atoms with Crippen LogP contribution in [0.3, 0.4) is 0 Å². The predicted molar refractivity (Wildman–Crippen MR) is 118 cm³/mol. The second-order valence-corrected chi connectivity index (χ2v) is 9.22. The number of rotatable bonds is 7. The van der Waals surface area contributed by atoms with Gasteiger partial charge in [-0.1, -0.05) is 12.2 Å². The predicted octanol–water partition coefficient (Wildman–Crippen LogP) is 5.09. The van der Waals surface area contributed by atoms with Gasteiger partial charge in [-0.15, -0.1) is 0 Å². The Kier molecular flexibility index (Phi) is 6.51. The van der Waals surface area contributed by atoms with Crippen LogP contribution in [0.5, 0.6) is 0 Å². The number of halogens is 3. The van der Waals surface area contributed by atoms with Crippen molar-refractivity contribution in [1.82, 2.24) is 14.9 Å². The fourth-order valence-electron chi connectivity index (χ4n) is 4.92. The molecule has 0 atom stereocenters. The summed E-state index contributed by atoms with van der Waals surface area (Å²) < 4.78 is 39.1. The lowest BCUT2D eigenvalue weighted by Crippen LogP contribution is -2.53. The molecule has 2 aliphatic rings. The number of benzene rings is 1. The second-order valence-electron chi connectivity index (χ2n) is 9.22. The number of anilines is 1. The van der Waals surface area contributed by atoms with Gasteiger partial charge in [0, 0.05) is 30.9 Å². The molecule has 0 unspecified atom stereocenters. The number of hydrogen-bond acceptors (Lipinski definition) is 5. The Hall–Kier alpha value is -2.48. The van der Waals surface area contributed by atoms with Gasteiger partial charge in [-0.3, -0.25) is 9.69 Å². The van der Waals surface area contributed by atoms with Crippen molar-refractivity contribution in [2.75, 3.05) is 25.0 Å². The highest BCUT2D eigenvalue weighted by Gasteiger charge is 2.35. The average Bonchev–Trinajstić information content (AvgIpc) is 2.73. The van der Waals surface area contributed by atoms with Gasteiger partial charge in [0.15, 0.2) is 5.78 Å². The lowest BCUT2D eigenvalue weighted by Gasteiger charge is -2.46. The van der Waals surface area contributed by atoms with E-state index in [0.29, 0.717) is 29.8 Å². The molecule has 1 aliphatic carbocycles. The summed E-state index contributed by atoms with van der Waals surface area (Å²) in [5.41, 5.74) is 0.925.